The minimum absolute atomic E-state index is 0.000736. The number of para-hydroxylation sites is 1. The number of furan rings is 1. The molecule has 2 amide bonds. The van der Waals surface area contributed by atoms with Gasteiger partial charge in [-0.2, -0.15) is 5.26 Å². The molecule has 0 N–H and O–H groups in total. The third-order valence-corrected chi connectivity index (χ3v) is 6.73. The predicted octanol–water partition coefficient (Wildman–Crippen LogP) is 5.18. The van der Waals surface area contributed by atoms with Crippen molar-refractivity contribution in [3.8, 4) is 6.07 Å². The fourth-order valence-electron chi connectivity index (χ4n) is 4.08. The third-order valence-electron chi connectivity index (χ3n) is 5.82. The lowest BCUT2D eigenvalue weighted by Crippen LogP contribution is -2.27. The molecule has 1 aliphatic heterocycles. The molecule has 3 heterocycles. The van der Waals surface area contributed by atoms with Crippen LogP contribution in [0, 0.1) is 11.3 Å². The molecule has 4 aromatic rings. The second-order valence-electron chi connectivity index (χ2n) is 8.02. The molecule has 2 aromatic carbocycles. The zero-order valence-corrected chi connectivity index (χ0v) is 20.0. The smallest absolute Gasteiger partial charge is 0.373 e. The second-order valence-corrected chi connectivity index (χ2v) is 9.02. The largest absolute Gasteiger partial charge is 0.463 e. The molecule has 5 rings (SSSR count). The van der Waals surface area contributed by atoms with E-state index < -0.39 is 17.1 Å². The van der Waals surface area contributed by atoms with Gasteiger partial charge in [0.05, 0.1) is 30.2 Å². The summed E-state index contributed by atoms with van der Waals surface area (Å²) in [5.41, 5.74) is 3.22. The van der Waals surface area contributed by atoms with Crippen molar-refractivity contribution in [1.82, 2.24) is 9.47 Å². The summed E-state index contributed by atoms with van der Waals surface area (Å²) in [6.45, 7) is 0.395. The SMILES string of the molecule is COC(=O)c1ccc(CN2C(=O)SC(=Cc3cn(Cc4ccccc4C#N)c4ccccc34)C2=O)o1. The highest BCUT2D eigenvalue weighted by Gasteiger charge is 2.36. The number of nitriles is 1. The molecule has 1 fully saturated rings. The van der Waals surface area contributed by atoms with Crippen molar-refractivity contribution >= 4 is 45.9 Å². The molecule has 8 nitrogen and oxygen atoms in total. The van der Waals surface area contributed by atoms with Gasteiger partial charge in [0.2, 0.25) is 5.76 Å². The highest BCUT2D eigenvalue weighted by atomic mass is 32.2. The molecule has 1 saturated heterocycles. The van der Waals surface area contributed by atoms with E-state index in [1.807, 2.05) is 53.2 Å². The number of benzene rings is 2. The van der Waals surface area contributed by atoms with Crippen LogP contribution < -0.4 is 0 Å². The summed E-state index contributed by atoms with van der Waals surface area (Å²) >= 11 is 0.854. The number of thioether (sulfide) groups is 1. The number of hydrogen-bond donors (Lipinski definition) is 0. The molecule has 36 heavy (non-hydrogen) atoms. The first-order valence-corrected chi connectivity index (χ1v) is 11.8. The summed E-state index contributed by atoms with van der Waals surface area (Å²) in [7, 11) is 1.24. The molecule has 0 radical (unpaired) electrons. The molecule has 9 heteroatoms. The number of aromatic nitrogens is 1. The number of esters is 1. The van der Waals surface area contributed by atoms with E-state index in [-0.39, 0.29) is 12.3 Å². The Morgan fingerprint density at radius 2 is 1.86 bits per heavy atom. The van der Waals surface area contributed by atoms with E-state index in [2.05, 4.69) is 10.8 Å². The average molecular weight is 498 g/mol. The van der Waals surface area contributed by atoms with Crippen LogP contribution >= 0.6 is 11.8 Å². The van der Waals surface area contributed by atoms with Crippen molar-refractivity contribution in [3.63, 3.8) is 0 Å². The van der Waals surface area contributed by atoms with E-state index in [0.717, 1.165) is 38.7 Å². The topological polar surface area (TPSA) is 106 Å². The number of carbonyl (C=O) groups is 3. The van der Waals surface area contributed by atoms with E-state index in [1.54, 1.807) is 12.1 Å². The van der Waals surface area contributed by atoms with Gasteiger partial charge in [0.15, 0.2) is 0 Å². The van der Waals surface area contributed by atoms with Gasteiger partial charge in [-0.25, -0.2) is 4.79 Å². The van der Waals surface area contributed by atoms with Gasteiger partial charge in [0, 0.05) is 29.2 Å². The lowest BCUT2D eigenvalue weighted by molar-refractivity contribution is -0.123. The van der Waals surface area contributed by atoms with Crippen molar-refractivity contribution in [2.45, 2.75) is 13.1 Å². The van der Waals surface area contributed by atoms with Gasteiger partial charge in [-0.3, -0.25) is 14.5 Å². The standard InChI is InChI=1S/C27H19N3O5S/c1-34-26(32)23-11-10-20(35-23)16-30-25(31)24(36-27(30)33)12-19-15-29(22-9-5-4-8-21(19)22)14-18-7-3-2-6-17(18)13-28/h2-12,15H,14,16H2,1H3. The molecule has 0 bridgehead atoms. The fourth-order valence-corrected chi connectivity index (χ4v) is 4.91. The van der Waals surface area contributed by atoms with Crippen LogP contribution in [0.4, 0.5) is 4.79 Å². The number of fused-ring (bicyclic) bond motifs is 1. The van der Waals surface area contributed by atoms with E-state index in [0.29, 0.717) is 22.8 Å². The lowest BCUT2D eigenvalue weighted by atomic mass is 10.1. The highest BCUT2D eigenvalue weighted by Crippen LogP contribution is 2.35. The minimum Gasteiger partial charge on any atom is -0.463 e. The van der Waals surface area contributed by atoms with Crippen LogP contribution in [0.2, 0.25) is 0 Å². The fraction of sp³-hybridized carbons (Fsp3) is 0.111. The van der Waals surface area contributed by atoms with Gasteiger partial charge in [0.1, 0.15) is 5.76 Å². The number of ether oxygens (including phenoxy) is 1. The number of rotatable bonds is 6. The molecule has 0 aliphatic carbocycles. The van der Waals surface area contributed by atoms with Gasteiger partial charge in [0.25, 0.3) is 11.1 Å². The number of amides is 2. The van der Waals surface area contributed by atoms with Crippen molar-refractivity contribution in [3.05, 3.63) is 100.0 Å². The van der Waals surface area contributed by atoms with Crippen LogP contribution in [0.5, 0.6) is 0 Å². The maximum atomic E-state index is 13.1. The molecule has 0 spiro atoms. The normalized spacial score (nSPS) is 14.6. The lowest BCUT2D eigenvalue weighted by Gasteiger charge is -2.09. The predicted molar refractivity (Wildman–Crippen MR) is 134 cm³/mol. The Labute approximate surface area is 210 Å². The maximum Gasteiger partial charge on any atom is 0.373 e. The average Bonchev–Trinajstić information content (AvgIpc) is 3.58. The Morgan fingerprint density at radius 1 is 1.08 bits per heavy atom. The van der Waals surface area contributed by atoms with Crippen molar-refractivity contribution < 1.29 is 23.5 Å². The molecule has 1 aliphatic rings. The highest BCUT2D eigenvalue weighted by molar-refractivity contribution is 8.18. The van der Waals surface area contributed by atoms with Crippen LogP contribution in [0.1, 0.15) is 33.0 Å². The Balaban J connectivity index is 1.44. The summed E-state index contributed by atoms with van der Waals surface area (Å²) < 4.78 is 12.1. The zero-order chi connectivity index (χ0) is 25.2. The monoisotopic (exact) mass is 497 g/mol. The summed E-state index contributed by atoms with van der Waals surface area (Å²) in [5, 5.41) is 9.96. The first-order valence-electron chi connectivity index (χ1n) is 11.0. The van der Waals surface area contributed by atoms with Gasteiger partial charge >= 0.3 is 5.97 Å². The molecular weight excluding hydrogens is 478 g/mol. The van der Waals surface area contributed by atoms with Gasteiger partial charge in [-0.1, -0.05) is 36.4 Å². The Hall–Kier alpha value is -4.55. The number of methoxy groups -OCH3 is 1. The van der Waals surface area contributed by atoms with E-state index in [1.165, 1.54) is 19.2 Å². The molecule has 178 valence electrons. The third kappa shape index (κ3) is 4.30. The van der Waals surface area contributed by atoms with E-state index in [4.69, 9.17) is 4.42 Å². The van der Waals surface area contributed by atoms with Crippen molar-refractivity contribution in [2.75, 3.05) is 7.11 Å². The van der Waals surface area contributed by atoms with Gasteiger partial charge < -0.3 is 13.7 Å². The van der Waals surface area contributed by atoms with Crippen LogP contribution in [0.15, 0.2) is 76.2 Å². The molecule has 2 aromatic heterocycles. The van der Waals surface area contributed by atoms with Crippen LogP contribution in [-0.4, -0.2) is 33.7 Å². The first kappa shape index (κ1) is 23.2. The van der Waals surface area contributed by atoms with Crippen LogP contribution in [-0.2, 0) is 22.6 Å². The van der Waals surface area contributed by atoms with E-state index >= 15 is 0 Å². The van der Waals surface area contributed by atoms with Gasteiger partial charge in [-0.05, 0) is 47.7 Å². The molecule has 0 atom stereocenters. The second kappa shape index (κ2) is 9.60. The maximum absolute atomic E-state index is 13.1. The summed E-state index contributed by atoms with van der Waals surface area (Å²) in [5.74, 6) is -0.774. The Kier molecular flexibility index (Phi) is 6.19. The number of carbonyl (C=O) groups excluding carboxylic acids is 3. The Morgan fingerprint density at radius 3 is 2.67 bits per heavy atom. The molecular formula is C27H19N3O5S. The Bertz CT molecular complexity index is 1590. The van der Waals surface area contributed by atoms with Crippen molar-refractivity contribution in [1.29, 1.82) is 5.26 Å². The van der Waals surface area contributed by atoms with Crippen molar-refractivity contribution in [2.24, 2.45) is 0 Å². The minimum atomic E-state index is -0.635. The molecule has 0 saturated carbocycles. The summed E-state index contributed by atoms with van der Waals surface area (Å²) in [4.78, 5) is 38.7. The summed E-state index contributed by atoms with van der Waals surface area (Å²) in [6, 6.07) is 20.4. The quantitative estimate of drug-likeness (QED) is 0.267. The summed E-state index contributed by atoms with van der Waals surface area (Å²) in [6.07, 6.45) is 3.63. The number of hydrogen-bond acceptors (Lipinski definition) is 7. The van der Waals surface area contributed by atoms with Gasteiger partial charge in [-0.15, -0.1) is 0 Å². The number of imide groups is 1. The number of nitrogens with zero attached hydrogens (tertiary/aromatic N) is 3. The molecule has 0 unspecified atom stereocenters. The van der Waals surface area contributed by atoms with E-state index in [9.17, 15) is 19.6 Å². The van der Waals surface area contributed by atoms with Crippen LogP contribution in [0.3, 0.4) is 0 Å². The van der Waals surface area contributed by atoms with Crippen LogP contribution in [0.25, 0.3) is 17.0 Å². The zero-order valence-electron chi connectivity index (χ0n) is 19.1. The first-order chi connectivity index (χ1) is 17.5.